The zero-order chi connectivity index (χ0) is 10.6. The van der Waals surface area contributed by atoms with E-state index in [4.69, 9.17) is 10.5 Å². The standard InChI is InChI=1S/C10H20N2O2/c1-10(2,9(11)13)12-6-8-4-3-5-14-7-8/h8,12H,3-7H2,1-2H3,(H2,11,13). The molecule has 1 aliphatic heterocycles. The SMILES string of the molecule is CC(C)(NCC1CCCOC1)C(N)=O. The van der Waals surface area contributed by atoms with Crippen molar-refractivity contribution in [3.8, 4) is 0 Å². The van der Waals surface area contributed by atoms with Gasteiger partial charge < -0.3 is 15.8 Å². The average Bonchev–Trinajstić information content (AvgIpc) is 2.16. The summed E-state index contributed by atoms with van der Waals surface area (Å²) in [7, 11) is 0. The number of nitrogens with one attached hydrogen (secondary N) is 1. The number of amides is 1. The quantitative estimate of drug-likeness (QED) is 0.684. The molecule has 1 heterocycles. The zero-order valence-corrected chi connectivity index (χ0v) is 9.01. The molecule has 0 aromatic carbocycles. The summed E-state index contributed by atoms with van der Waals surface area (Å²) in [4.78, 5) is 11.0. The molecule has 4 nitrogen and oxygen atoms in total. The first-order chi connectivity index (χ1) is 6.52. The zero-order valence-electron chi connectivity index (χ0n) is 9.01. The molecule has 1 saturated heterocycles. The normalized spacial score (nSPS) is 23.4. The largest absolute Gasteiger partial charge is 0.381 e. The maximum absolute atomic E-state index is 11.0. The van der Waals surface area contributed by atoms with Gasteiger partial charge in [0.15, 0.2) is 0 Å². The van der Waals surface area contributed by atoms with Crippen LogP contribution >= 0.6 is 0 Å². The van der Waals surface area contributed by atoms with E-state index >= 15 is 0 Å². The van der Waals surface area contributed by atoms with E-state index in [1.54, 1.807) is 13.8 Å². The Labute approximate surface area is 85.2 Å². The summed E-state index contributed by atoms with van der Waals surface area (Å²) in [5, 5.41) is 3.17. The second-order valence-corrected chi connectivity index (χ2v) is 4.45. The lowest BCUT2D eigenvalue weighted by Gasteiger charge is -2.28. The fraction of sp³-hybridized carbons (Fsp3) is 0.900. The van der Waals surface area contributed by atoms with Gasteiger partial charge in [0.05, 0.1) is 12.1 Å². The van der Waals surface area contributed by atoms with Crippen LogP contribution in [0.15, 0.2) is 0 Å². The molecule has 0 saturated carbocycles. The molecule has 0 bridgehead atoms. The van der Waals surface area contributed by atoms with Crippen LogP contribution < -0.4 is 11.1 Å². The molecule has 1 rings (SSSR count). The highest BCUT2D eigenvalue weighted by Crippen LogP contribution is 2.13. The van der Waals surface area contributed by atoms with Crippen LogP contribution in [0.1, 0.15) is 26.7 Å². The number of ether oxygens (including phenoxy) is 1. The van der Waals surface area contributed by atoms with Crippen molar-refractivity contribution in [2.24, 2.45) is 11.7 Å². The second kappa shape index (κ2) is 4.75. The van der Waals surface area contributed by atoms with Crippen molar-refractivity contribution >= 4 is 5.91 Å². The summed E-state index contributed by atoms with van der Waals surface area (Å²) in [6.45, 7) is 6.07. The first kappa shape index (κ1) is 11.5. The van der Waals surface area contributed by atoms with E-state index in [9.17, 15) is 4.79 Å². The number of hydrogen-bond acceptors (Lipinski definition) is 3. The van der Waals surface area contributed by atoms with E-state index in [0.717, 1.165) is 26.2 Å². The molecule has 4 heteroatoms. The van der Waals surface area contributed by atoms with Crippen LogP contribution in [0.2, 0.25) is 0 Å². The Morgan fingerprint density at radius 3 is 2.86 bits per heavy atom. The molecule has 1 aliphatic rings. The maximum atomic E-state index is 11.0. The molecule has 0 aromatic rings. The molecule has 1 amide bonds. The van der Waals surface area contributed by atoms with Gasteiger partial charge in [0, 0.05) is 13.2 Å². The van der Waals surface area contributed by atoms with Gasteiger partial charge in [-0.15, -0.1) is 0 Å². The van der Waals surface area contributed by atoms with Gasteiger partial charge in [-0.3, -0.25) is 4.79 Å². The third kappa shape index (κ3) is 3.27. The third-order valence-corrected chi connectivity index (χ3v) is 2.70. The smallest absolute Gasteiger partial charge is 0.237 e. The molecule has 0 radical (unpaired) electrons. The topological polar surface area (TPSA) is 64.3 Å². The average molecular weight is 200 g/mol. The lowest BCUT2D eigenvalue weighted by Crippen LogP contribution is -2.52. The van der Waals surface area contributed by atoms with Crippen molar-refractivity contribution < 1.29 is 9.53 Å². The van der Waals surface area contributed by atoms with Crippen molar-refractivity contribution in [1.29, 1.82) is 0 Å². The van der Waals surface area contributed by atoms with Gasteiger partial charge in [0.2, 0.25) is 5.91 Å². The summed E-state index contributed by atoms with van der Waals surface area (Å²) < 4.78 is 5.35. The molecule has 1 atom stereocenters. The van der Waals surface area contributed by atoms with Crippen molar-refractivity contribution in [2.45, 2.75) is 32.2 Å². The van der Waals surface area contributed by atoms with Gasteiger partial charge in [-0.1, -0.05) is 0 Å². The molecule has 1 fully saturated rings. The van der Waals surface area contributed by atoms with E-state index in [1.165, 1.54) is 6.42 Å². The van der Waals surface area contributed by atoms with Crippen LogP contribution in [0.3, 0.4) is 0 Å². The third-order valence-electron chi connectivity index (χ3n) is 2.70. The summed E-state index contributed by atoms with van der Waals surface area (Å²) in [6, 6.07) is 0. The molecule has 14 heavy (non-hydrogen) atoms. The minimum absolute atomic E-state index is 0.311. The summed E-state index contributed by atoms with van der Waals surface area (Å²) in [5.41, 5.74) is 4.64. The fourth-order valence-electron chi connectivity index (χ4n) is 1.45. The number of carbonyl (C=O) groups is 1. The Bertz CT molecular complexity index is 198. The summed E-state index contributed by atoms with van der Waals surface area (Å²) >= 11 is 0. The van der Waals surface area contributed by atoms with E-state index in [-0.39, 0.29) is 5.91 Å². The molecule has 0 aromatic heterocycles. The number of nitrogens with two attached hydrogens (primary N) is 1. The number of rotatable bonds is 4. The fourth-order valence-corrected chi connectivity index (χ4v) is 1.45. The van der Waals surface area contributed by atoms with Gasteiger partial charge in [-0.25, -0.2) is 0 Å². The van der Waals surface area contributed by atoms with Gasteiger partial charge >= 0.3 is 0 Å². The minimum atomic E-state index is -0.614. The molecule has 3 N–H and O–H groups in total. The second-order valence-electron chi connectivity index (χ2n) is 4.45. The Balaban J connectivity index is 2.28. The van der Waals surface area contributed by atoms with Crippen molar-refractivity contribution in [3.63, 3.8) is 0 Å². The molecule has 0 spiro atoms. The maximum Gasteiger partial charge on any atom is 0.237 e. The monoisotopic (exact) mass is 200 g/mol. The highest BCUT2D eigenvalue weighted by Gasteiger charge is 2.25. The number of primary amides is 1. The first-order valence-corrected chi connectivity index (χ1v) is 5.15. The molecule has 0 aliphatic carbocycles. The van der Waals surface area contributed by atoms with Crippen molar-refractivity contribution in [3.05, 3.63) is 0 Å². The molecule has 82 valence electrons. The van der Waals surface area contributed by atoms with Crippen molar-refractivity contribution in [1.82, 2.24) is 5.32 Å². The highest BCUT2D eigenvalue weighted by atomic mass is 16.5. The van der Waals surface area contributed by atoms with Crippen LogP contribution in [0.25, 0.3) is 0 Å². The summed E-state index contributed by atoms with van der Waals surface area (Å²) in [6.07, 6.45) is 2.28. The Morgan fingerprint density at radius 2 is 2.36 bits per heavy atom. The van der Waals surface area contributed by atoms with Crippen LogP contribution in [0, 0.1) is 5.92 Å². The van der Waals surface area contributed by atoms with E-state index < -0.39 is 5.54 Å². The predicted molar refractivity (Wildman–Crippen MR) is 54.8 cm³/mol. The molecular formula is C10H20N2O2. The molecule has 1 unspecified atom stereocenters. The van der Waals surface area contributed by atoms with Crippen LogP contribution in [-0.4, -0.2) is 31.2 Å². The first-order valence-electron chi connectivity index (χ1n) is 5.15. The predicted octanol–water partition coefficient (Wildman–Crippen LogP) is 0.267. The van der Waals surface area contributed by atoms with Crippen molar-refractivity contribution in [2.75, 3.05) is 19.8 Å². The van der Waals surface area contributed by atoms with Crippen LogP contribution in [0.4, 0.5) is 0 Å². The van der Waals surface area contributed by atoms with Gasteiger partial charge in [0.25, 0.3) is 0 Å². The number of carbonyl (C=O) groups excluding carboxylic acids is 1. The molecular weight excluding hydrogens is 180 g/mol. The van der Waals surface area contributed by atoms with E-state index in [1.807, 2.05) is 0 Å². The highest BCUT2D eigenvalue weighted by molar-refractivity contribution is 5.83. The van der Waals surface area contributed by atoms with E-state index in [0.29, 0.717) is 5.92 Å². The summed E-state index contributed by atoms with van der Waals surface area (Å²) in [5.74, 6) is 0.205. The van der Waals surface area contributed by atoms with Gasteiger partial charge in [-0.05, 0) is 32.6 Å². The van der Waals surface area contributed by atoms with Crippen LogP contribution in [0.5, 0.6) is 0 Å². The Hall–Kier alpha value is -0.610. The van der Waals surface area contributed by atoms with Gasteiger partial charge in [-0.2, -0.15) is 0 Å². The van der Waals surface area contributed by atoms with Gasteiger partial charge in [0.1, 0.15) is 0 Å². The lowest BCUT2D eigenvalue weighted by molar-refractivity contribution is -0.123. The van der Waals surface area contributed by atoms with Crippen LogP contribution in [-0.2, 0) is 9.53 Å². The Morgan fingerprint density at radius 1 is 1.64 bits per heavy atom. The Kier molecular flexibility index (Phi) is 3.89. The minimum Gasteiger partial charge on any atom is -0.381 e. The van der Waals surface area contributed by atoms with E-state index in [2.05, 4.69) is 5.32 Å². The number of hydrogen-bond donors (Lipinski definition) is 2. The lowest BCUT2D eigenvalue weighted by atomic mass is 9.99.